The van der Waals surface area contributed by atoms with E-state index < -0.39 is 0 Å². The summed E-state index contributed by atoms with van der Waals surface area (Å²) in [6.45, 7) is 2.43. The van der Waals surface area contributed by atoms with E-state index in [-0.39, 0.29) is 11.9 Å². The number of rotatable bonds is 6. The van der Waals surface area contributed by atoms with Crippen molar-refractivity contribution in [3.05, 3.63) is 102 Å². The first-order valence-corrected chi connectivity index (χ1v) is 10.9. The number of aromatic nitrogens is 4. The molecule has 0 fully saturated rings. The van der Waals surface area contributed by atoms with Gasteiger partial charge < -0.3 is 9.30 Å². The molecule has 0 saturated heterocycles. The number of anilines is 1. The fraction of sp³-hybridized carbons (Fsp3) is 0.111. The number of ether oxygens (including phenoxy) is 1. The minimum Gasteiger partial charge on any atom is -0.489 e. The van der Waals surface area contributed by atoms with E-state index in [2.05, 4.69) is 20.3 Å². The highest BCUT2D eigenvalue weighted by Gasteiger charge is 2.11. The highest BCUT2D eigenvalue weighted by molar-refractivity contribution is 6.03. The predicted molar refractivity (Wildman–Crippen MR) is 132 cm³/mol. The molecular weight excluding hydrogens is 426 g/mol. The number of aryl methyl sites for hydroxylation is 1. The lowest BCUT2D eigenvalue weighted by molar-refractivity contribution is 0.102. The number of nitrogens with one attached hydrogen (secondary N) is 1. The molecule has 2 heterocycles. The van der Waals surface area contributed by atoms with E-state index >= 15 is 0 Å². The molecule has 0 radical (unpaired) electrons. The van der Waals surface area contributed by atoms with Crippen molar-refractivity contribution in [2.24, 2.45) is 7.05 Å². The molecule has 3 aromatic carbocycles. The van der Waals surface area contributed by atoms with Crippen LogP contribution in [-0.4, -0.2) is 25.4 Å². The van der Waals surface area contributed by atoms with Gasteiger partial charge in [-0.25, -0.2) is 15.0 Å². The van der Waals surface area contributed by atoms with Crippen molar-refractivity contribution in [2.75, 3.05) is 5.32 Å². The lowest BCUT2D eigenvalue weighted by Crippen LogP contribution is -2.14. The van der Waals surface area contributed by atoms with Gasteiger partial charge in [0.2, 0.25) is 5.95 Å². The van der Waals surface area contributed by atoms with Crippen LogP contribution in [0.1, 0.15) is 21.7 Å². The fourth-order valence-electron chi connectivity index (χ4n) is 3.63. The normalized spacial score (nSPS) is 10.9. The maximum Gasteiger partial charge on any atom is 0.258 e. The minimum atomic E-state index is -0.285. The second kappa shape index (κ2) is 9.15. The average molecular weight is 450 g/mol. The lowest BCUT2D eigenvalue weighted by atomic mass is 10.1. The summed E-state index contributed by atoms with van der Waals surface area (Å²) < 4.78 is 7.81. The van der Waals surface area contributed by atoms with E-state index in [0.717, 1.165) is 33.5 Å². The van der Waals surface area contributed by atoms with Crippen LogP contribution < -0.4 is 10.1 Å². The fourth-order valence-corrected chi connectivity index (χ4v) is 3.63. The molecule has 7 heteroatoms. The third kappa shape index (κ3) is 4.49. The smallest absolute Gasteiger partial charge is 0.258 e. The van der Waals surface area contributed by atoms with E-state index in [0.29, 0.717) is 17.9 Å². The summed E-state index contributed by atoms with van der Waals surface area (Å²) in [6.07, 6.45) is 3.55. The van der Waals surface area contributed by atoms with Crippen molar-refractivity contribution in [3.63, 3.8) is 0 Å². The van der Waals surface area contributed by atoms with Crippen LogP contribution in [0, 0.1) is 6.92 Å². The highest BCUT2D eigenvalue weighted by atomic mass is 16.5. The number of carbonyl (C=O) groups is 1. The van der Waals surface area contributed by atoms with Gasteiger partial charge in [-0.05, 0) is 42.8 Å². The number of fused-ring (bicyclic) bond motifs is 1. The van der Waals surface area contributed by atoms with Crippen LogP contribution in [-0.2, 0) is 13.7 Å². The SMILES string of the molecule is Cc1ncc(-c2ccc3cnc(NC(=O)c4ccc(OCc5ccccc5)cc4)nc3c2)n1C. The van der Waals surface area contributed by atoms with Crippen LogP contribution in [0.15, 0.2) is 85.2 Å². The molecule has 1 N–H and O–H groups in total. The number of hydrogen-bond acceptors (Lipinski definition) is 5. The summed E-state index contributed by atoms with van der Waals surface area (Å²) in [5.41, 5.74) is 4.32. The summed E-state index contributed by atoms with van der Waals surface area (Å²) in [5.74, 6) is 1.59. The molecule has 0 spiro atoms. The Morgan fingerprint density at radius 2 is 1.76 bits per heavy atom. The third-order valence-electron chi connectivity index (χ3n) is 5.69. The number of benzene rings is 3. The molecule has 0 atom stereocenters. The zero-order chi connectivity index (χ0) is 23.5. The average Bonchev–Trinajstić information content (AvgIpc) is 3.21. The van der Waals surface area contributed by atoms with Gasteiger partial charge in [-0.2, -0.15) is 0 Å². The van der Waals surface area contributed by atoms with Gasteiger partial charge in [-0.1, -0.05) is 42.5 Å². The van der Waals surface area contributed by atoms with Crippen LogP contribution in [0.4, 0.5) is 5.95 Å². The topological polar surface area (TPSA) is 81.9 Å². The quantitative estimate of drug-likeness (QED) is 0.387. The molecule has 0 saturated carbocycles. The summed E-state index contributed by atoms with van der Waals surface area (Å²) in [6, 6.07) is 22.9. The molecule has 0 bridgehead atoms. The maximum atomic E-state index is 12.7. The molecule has 34 heavy (non-hydrogen) atoms. The molecule has 5 rings (SSSR count). The van der Waals surface area contributed by atoms with Gasteiger partial charge in [0, 0.05) is 29.8 Å². The van der Waals surface area contributed by atoms with Gasteiger partial charge in [0.1, 0.15) is 18.2 Å². The summed E-state index contributed by atoms with van der Waals surface area (Å²) in [5, 5.41) is 3.67. The Morgan fingerprint density at radius 1 is 0.971 bits per heavy atom. The zero-order valence-electron chi connectivity index (χ0n) is 18.9. The Kier molecular flexibility index (Phi) is 5.74. The van der Waals surface area contributed by atoms with E-state index in [1.807, 2.05) is 73.3 Å². The predicted octanol–water partition coefficient (Wildman–Crippen LogP) is 5.17. The summed E-state index contributed by atoms with van der Waals surface area (Å²) >= 11 is 0. The van der Waals surface area contributed by atoms with E-state index in [1.54, 1.807) is 30.5 Å². The van der Waals surface area contributed by atoms with Gasteiger partial charge >= 0.3 is 0 Å². The molecule has 0 aliphatic rings. The Balaban J connectivity index is 1.29. The molecule has 1 amide bonds. The molecule has 0 unspecified atom stereocenters. The minimum absolute atomic E-state index is 0.250. The lowest BCUT2D eigenvalue weighted by Gasteiger charge is -2.09. The Bertz CT molecular complexity index is 1460. The standard InChI is InChI=1S/C27H23N5O2/c1-18-28-16-25(32(18)2)21-8-9-22-15-29-27(30-24(22)14-21)31-26(33)20-10-12-23(13-11-20)34-17-19-6-4-3-5-7-19/h3-16H,17H2,1-2H3,(H,29,30,31,33). The second-order valence-corrected chi connectivity index (χ2v) is 7.97. The molecule has 0 aliphatic heterocycles. The molecular formula is C27H23N5O2. The number of nitrogens with zero attached hydrogens (tertiary/aromatic N) is 4. The van der Waals surface area contributed by atoms with Crippen molar-refractivity contribution in [1.82, 2.24) is 19.5 Å². The van der Waals surface area contributed by atoms with E-state index in [9.17, 15) is 4.79 Å². The summed E-state index contributed by atoms with van der Waals surface area (Å²) in [7, 11) is 1.98. The molecule has 168 valence electrons. The van der Waals surface area contributed by atoms with Crippen molar-refractivity contribution in [1.29, 1.82) is 0 Å². The van der Waals surface area contributed by atoms with Gasteiger partial charge in [0.25, 0.3) is 5.91 Å². The first kappa shape index (κ1) is 21.3. The number of carbonyl (C=O) groups excluding carboxylic acids is 1. The summed E-state index contributed by atoms with van der Waals surface area (Å²) in [4.78, 5) is 25.9. The molecule has 2 aromatic heterocycles. The monoisotopic (exact) mass is 449 g/mol. The van der Waals surface area contributed by atoms with Gasteiger partial charge in [0.15, 0.2) is 0 Å². The molecule has 7 nitrogen and oxygen atoms in total. The van der Waals surface area contributed by atoms with Gasteiger partial charge in [0.05, 0.1) is 17.4 Å². The molecule has 5 aromatic rings. The Labute approximate surface area is 197 Å². The van der Waals surface area contributed by atoms with Gasteiger partial charge in [-0.3, -0.25) is 10.1 Å². The number of amides is 1. The third-order valence-corrected chi connectivity index (χ3v) is 5.69. The first-order valence-electron chi connectivity index (χ1n) is 10.9. The highest BCUT2D eigenvalue weighted by Crippen LogP contribution is 2.24. The molecule has 0 aliphatic carbocycles. The van der Waals surface area contributed by atoms with Crippen LogP contribution in [0.5, 0.6) is 5.75 Å². The largest absolute Gasteiger partial charge is 0.489 e. The van der Waals surface area contributed by atoms with E-state index in [1.165, 1.54) is 0 Å². The van der Waals surface area contributed by atoms with Crippen LogP contribution in [0.3, 0.4) is 0 Å². The number of imidazole rings is 1. The zero-order valence-corrected chi connectivity index (χ0v) is 18.9. The van der Waals surface area contributed by atoms with Crippen LogP contribution >= 0.6 is 0 Å². The van der Waals surface area contributed by atoms with Crippen molar-refractivity contribution < 1.29 is 9.53 Å². The number of hydrogen-bond donors (Lipinski definition) is 1. The van der Waals surface area contributed by atoms with Crippen molar-refractivity contribution in [2.45, 2.75) is 13.5 Å². The Hall–Kier alpha value is -4.52. The Morgan fingerprint density at radius 3 is 2.50 bits per heavy atom. The van der Waals surface area contributed by atoms with Crippen molar-refractivity contribution >= 4 is 22.8 Å². The van der Waals surface area contributed by atoms with Crippen LogP contribution in [0.2, 0.25) is 0 Å². The maximum absolute atomic E-state index is 12.7. The first-order chi connectivity index (χ1) is 16.6. The van der Waals surface area contributed by atoms with Crippen molar-refractivity contribution in [3.8, 4) is 17.0 Å². The van der Waals surface area contributed by atoms with E-state index in [4.69, 9.17) is 4.74 Å². The van der Waals surface area contributed by atoms with Crippen LogP contribution in [0.25, 0.3) is 22.2 Å². The second-order valence-electron chi connectivity index (χ2n) is 7.97. The van der Waals surface area contributed by atoms with Gasteiger partial charge in [-0.15, -0.1) is 0 Å².